The van der Waals surface area contributed by atoms with Gasteiger partial charge in [0.15, 0.2) is 0 Å². The molecular weight excluding hydrogens is 270 g/mol. The lowest BCUT2D eigenvalue weighted by atomic mass is 10.1. The van der Waals surface area contributed by atoms with Gasteiger partial charge in [0.05, 0.1) is 5.52 Å². The van der Waals surface area contributed by atoms with Crippen LogP contribution in [0, 0.1) is 0 Å². The average Bonchev–Trinajstić information content (AvgIpc) is 3.22. The lowest BCUT2D eigenvalue weighted by Gasteiger charge is -2.19. The normalized spacial score (nSPS) is 15.5. The fourth-order valence-corrected chi connectivity index (χ4v) is 3.26. The van der Waals surface area contributed by atoms with Gasteiger partial charge in [-0.2, -0.15) is 0 Å². The first-order chi connectivity index (χ1) is 9.47. The zero-order valence-corrected chi connectivity index (χ0v) is 12.4. The second-order valence-electron chi connectivity index (χ2n) is 5.78. The van der Waals surface area contributed by atoms with E-state index in [9.17, 15) is 9.90 Å². The average molecular weight is 287 g/mol. The summed E-state index contributed by atoms with van der Waals surface area (Å²) >= 11 is 1.38. The van der Waals surface area contributed by atoms with E-state index < -0.39 is 10.7 Å². The number of hydrogen-bond acceptors (Lipinski definition) is 3. The number of pyridine rings is 1. The number of nitrogens with zero attached hydrogens (tertiary/aromatic N) is 1. The smallest absolute Gasteiger partial charge is 0.319 e. The minimum absolute atomic E-state index is 0.685. The number of carboxylic acid groups (broad SMARTS) is 1. The maximum Gasteiger partial charge on any atom is 0.319 e. The van der Waals surface area contributed by atoms with Gasteiger partial charge >= 0.3 is 5.97 Å². The highest BCUT2D eigenvalue weighted by Crippen LogP contribution is 2.42. The molecule has 1 N–H and O–H groups in total. The zero-order chi connectivity index (χ0) is 14.3. The molecule has 0 aliphatic heterocycles. The van der Waals surface area contributed by atoms with Crippen molar-refractivity contribution in [2.45, 2.75) is 42.2 Å². The molecule has 0 saturated heterocycles. The van der Waals surface area contributed by atoms with E-state index in [0.717, 1.165) is 15.8 Å². The van der Waals surface area contributed by atoms with Gasteiger partial charge in [-0.1, -0.05) is 6.07 Å². The Balaban J connectivity index is 2.05. The molecule has 0 spiro atoms. The van der Waals surface area contributed by atoms with Gasteiger partial charge in [0, 0.05) is 16.5 Å². The molecule has 1 aromatic heterocycles. The molecule has 2 aromatic rings. The minimum atomic E-state index is -0.843. The van der Waals surface area contributed by atoms with Gasteiger partial charge in [0.1, 0.15) is 4.75 Å². The Bertz CT molecular complexity index is 677. The molecule has 0 atom stereocenters. The predicted octanol–water partition coefficient (Wildman–Crippen LogP) is 4.07. The van der Waals surface area contributed by atoms with Crippen LogP contribution in [0.1, 0.15) is 38.2 Å². The third-order valence-corrected chi connectivity index (χ3v) is 4.92. The van der Waals surface area contributed by atoms with Crippen LogP contribution in [0.4, 0.5) is 0 Å². The summed E-state index contributed by atoms with van der Waals surface area (Å²) in [6.07, 6.45) is 4.27. The topological polar surface area (TPSA) is 50.2 Å². The number of fused-ring (bicyclic) bond motifs is 1. The third-order valence-electron chi connectivity index (χ3n) is 3.65. The summed E-state index contributed by atoms with van der Waals surface area (Å²) in [5, 5.41) is 10.4. The molecule has 20 heavy (non-hydrogen) atoms. The van der Waals surface area contributed by atoms with E-state index >= 15 is 0 Å². The summed E-state index contributed by atoms with van der Waals surface area (Å²) in [6, 6.07) is 8.28. The molecule has 104 valence electrons. The lowest BCUT2D eigenvalue weighted by molar-refractivity contribution is -0.138. The number of aromatic nitrogens is 1. The van der Waals surface area contributed by atoms with Crippen LogP contribution in [0.15, 0.2) is 35.4 Å². The van der Waals surface area contributed by atoms with Crippen LogP contribution in [-0.2, 0) is 4.79 Å². The summed E-state index contributed by atoms with van der Waals surface area (Å²) in [5.74, 6) is -0.115. The molecule has 4 heteroatoms. The van der Waals surface area contributed by atoms with Crippen LogP contribution in [0.5, 0.6) is 0 Å². The fraction of sp³-hybridized carbons (Fsp3) is 0.375. The van der Waals surface area contributed by atoms with Gasteiger partial charge in [0.25, 0.3) is 0 Å². The maximum atomic E-state index is 11.3. The number of rotatable bonds is 4. The predicted molar refractivity (Wildman–Crippen MR) is 81.3 cm³/mol. The highest BCUT2D eigenvalue weighted by molar-refractivity contribution is 8.01. The van der Waals surface area contributed by atoms with Crippen molar-refractivity contribution in [1.29, 1.82) is 0 Å². The second-order valence-corrected chi connectivity index (χ2v) is 7.44. The number of hydrogen-bond donors (Lipinski definition) is 1. The molecule has 0 amide bonds. The summed E-state index contributed by atoms with van der Waals surface area (Å²) in [4.78, 5) is 16.7. The molecule has 1 fully saturated rings. The summed E-state index contributed by atoms with van der Waals surface area (Å²) < 4.78 is -0.843. The molecule has 0 unspecified atom stereocenters. The molecular formula is C16H17NO2S. The Kier molecular flexibility index (Phi) is 3.21. The third kappa shape index (κ3) is 2.52. The standard InChI is InChI=1S/C16H17NO2S/c1-16(2,15(18)19)20-14-7-8-17-13-6-5-11(9-12(13)14)10-3-4-10/h5-10H,3-4H2,1-2H3,(H,18,19). The van der Waals surface area contributed by atoms with Crippen molar-refractivity contribution in [3.8, 4) is 0 Å². The quantitative estimate of drug-likeness (QED) is 0.861. The lowest BCUT2D eigenvalue weighted by Crippen LogP contribution is -2.26. The minimum Gasteiger partial charge on any atom is -0.480 e. The molecule has 1 aliphatic rings. The van der Waals surface area contributed by atoms with Crippen molar-refractivity contribution < 1.29 is 9.90 Å². The van der Waals surface area contributed by atoms with Crippen molar-refractivity contribution in [2.75, 3.05) is 0 Å². The van der Waals surface area contributed by atoms with E-state index in [2.05, 4.69) is 17.1 Å². The molecule has 3 nitrogen and oxygen atoms in total. The molecule has 1 saturated carbocycles. The van der Waals surface area contributed by atoms with Crippen molar-refractivity contribution in [1.82, 2.24) is 4.98 Å². The Morgan fingerprint density at radius 2 is 2.10 bits per heavy atom. The van der Waals surface area contributed by atoms with Crippen molar-refractivity contribution in [2.24, 2.45) is 0 Å². The second kappa shape index (κ2) is 4.77. The Morgan fingerprint density at radius 3 is 2.75 bits per heavy atom. The Hall–Kier alpha value is -1.55. The number of carbonyl (C=O) groups is 1. The molecule has 0 bridgehead atoms. The molecule has 3 rings (SSSR count). The number of aliphatic carboxylic acids is 1. The first kappa shape index (κ1) is 13.4. The molecule has 0 radical (unpaired) electrons. The van der Waals surface area contributed by atoms with Crippen LogP contribution < -0.4 is 0 Å². The fourth-order valence-electron chi connectivity index (χ4n) is 2.22. The molecule has 1 aromatic carbocycles. The van der Waals surface area contributed by atoms with E-state index in [4.69, 9.17) is 0 Å². The van der Waals surface area contributed by atoms with Crippen LogP contribution >= 0.6 is 11.8 Å². The van der Waals surface area contributed by atoms with Gasteiger partial charge in [-0.3, -0.25) is 9.78 Å². The van der Waals surface area contributed by atoms with E-state index in [1.807, 2.05) is 12.1 Å². The van der Waals surface area contributed by atoms with E-state index in [1.54, 1.807) is 20.0 Å². The zero-order valence-electron chi connectivity index (χ0n) is 11.6. The first-order valence-electron chi connectivity index (χ1n) is 6.78. The maximum absolute atomic E-state index is 11.3. The van der Waals surface area contributed by atoms with Gasteiger partial charge < -0.3 is 5.11 Å². The van der Waals surface area contributed by atoms with E-state index in [0.29, 0.717) is 5.92 Å². The molecule has 1 aliphatic carbocycles. The summed E-state index contributed by atoms with van der Waals surface area (Å²) in [7, 11) is 0. The first-order valence-corrected chi connectivity index (χ1v) is 7.60. The summed E-state index contributed by atoms with van der Waals surface area (Å²) in [5.41, 5.74) is 2.28. The Morgan fingerprint density at radius 1 is 1.35 bits per heavy atom. The van der Waals surface area contributed by atoms with Gasteiger partial charge in [0.2, 0.25) is 0 Å². The highest BCUT2D eigenvalue weighted by atomic mass is 32.2. The number of carboxylic acids is 1. The van der Waals surface area contributed by atoms with E-state index in [1.165, 1.54) is 30.2 Å². The van der Waals surface area contributed by atoms with Crippen LogP contribution in [0.3, 0.4) is 0 Å². The summed E-state index contributed by atoms with van der Waals surface area (Å²) in [6.45, 7) is 3.47. The number of thioether (sulfide) groups is 1. The Labute approximate surface area is 122 Å². The van der Waals surface area contributed by atoms with Crippen LogP contribution in [0.2, 0.25) is 0 Å². The van der Waals surface area contributed by atoms with Crippen molar-refractivity contribution in [3.63, 3.8) is 0 Å². The van der Waals surface area contributed by atoms with Gasteiger partial charge in [-0.25, -0.2) is 0 Å². The van der Waals surface area contributed by atoms with Crippen molar-refractivity contribution >= 4 is 28.6 Å². The van der Waals surface area contributed by atoms with Crippen LogP contribution in [0.25, 0.3) is 10.9 Å². The van der Waals surface area contributed by atoms with Gasteiger partial charge in [-0.15, -0.1) is 11.8 Å². The SMILES string of the molecule is CC(C)(Sc1ccnc2ccc(C3CC3)cc12)C(=O)O. The van der Waals surface area contributed by atoms with Crippen molar-refractivity contribution in [3.05, 3.63) is 36.0 Å². The van der Waals surface area contributed by atoms with Crippen LogP contribution in [-0.4, -0.2) is 20.8 Å². The highest BCUT2D eigenvalue weighted by Gasteiger charge is 2.29. The van der Waals surface area contributed by atoms with Gasteiger partial charge in [-0.05, 0) is 56.4 Å². The number of benzene rings is 1. The largest absolute Gasteiger partial charge is 0.480 e. The monoisotopic (exact) mass is 287 g/mol. The molecule has 1 heterocycles. The van der Waals surface area contributed by atoms with E-state index in [-0.39, 0.29) is 0 Å².